The van der Waals surface area contributed by atoms with Gasteiger partial charge in [0.15, 0.2) is 11.5 Å². The SMILES string of the molecule is COc1cc(OC)c(C(=O)N2CCC(C(F)(F)F)C(C)(C)C2)cc1OC. The molecular weight excluding hydrogens is 351 g/mol. The second kappa shape index (κ2) is 7.25. The number of likely N-dealkylation sites (tertiary alicyclic amines) is 1. The fourth-order valence-electron chi connectivity index (χ4n) is 3.50. The van der Waals surface area contributed by atoms with E-state index in [0.29, 0.717) is 11.5 Å². The molecule has 1 amide bonds. The maximum atomic E-state index is 13.2. The van der Waals surface area contributed by atoms with Gasteiger partial charge in [-0.15, -0.1) is 0 Å². The van der Waals surface area contributed by atoms with Crippen molar-refractivity contribution in [2.45, 2.75) is 26.4 Å². The van der Waals surface area contributed by atoms with Gasteiger partial charge in [-0.3, -0.25) is 4.79 Å². The van der Waals surface area contributed by atoms with Crippen molar-refractivity contribution in [1.29, 1.82) is 0 Å². The lowest BCUT2D eigenvalue weighted by molar-refractivity contribution is -0.214. The molecule has 1 unspecified atom stereocenters. The van der Waals surface area contributed by atoms with Crippen LogP contribution < -0.4 is 14.2 Å². The van der Waals surface area contributed by atoms with Crippen molar-refractivity contribution in [3.8, 4) is 17.2 Å². The predicted octanol–water partition coefficient (Wildman–Crippen LogP) is 3.76. The number of carbonyl (C=O) groups excluding carboxylic acids is 1. The zero-order chi connectivity index (χ0) is 19.7. The van der Waals surface area contributed by atoms with Gasteiger partial charge in [-0.05, 0) is 11.8 Å². The number of piperidine rings is 1. The van der Waals surface area contributed by atoms with E-state index in [1.807, 2.05) is 0 Å². The number of nitrogens with zero attached hydrogens (tertiary/aromatic N) is 1. The molecular formula is C18H24F3NO4. The Bertz CT molecular complexity index is 673. The third-order valence-electron chi connectivity index (χ3n) is 4.85. The highest BCUT2D eigenvalue weighted by atomic mass is 19.4. The van der Waals surface area contributed by atoms with Gasteiger partial charge < -0.3 is 19.1 Å². The van der Waals surface area contributed by atoms with Gasteiger partial charge in [-0.25, -0.2) is 0 Å². The summed E-state index contributed by atoms with van der Waals surface area (Å²) in [6.07, 6.45) is -4.41. The van der Waals surface area contributed by atoms with E-state index in [1.54, 1.807) is 0 Å². The fraction of sp³-hybridized carbons (Fsp3) is 0.611. The van der Waals surface area contributed by atoms with Gasteiger partial charge in [0.1, 0.15) is 5.75 Å². The van der Waals surface area contributed by atoms with E-state index in [0.717, 1.165) is 0 Å². The highest BCUT2D eigenvalue weighted by Crippen LogP contribution is 2.45. The molecule has 26 heavy (non-hydrogen) atoms. The third kappa shape index (κ3) is 3.83. The number of ether oxygens (including phenoxy) is 3. The molecule has 0 aromatic heterocycles. The number of hydrogen-bond donors (Lipinski definition) is 0. The molecule has 1 fully saturated rings. The van der Waals surface area contributed by atoms with Crippen LogP contribution in [0.1, 0.15) is 30.6 Å². The number of rotatable bonds is 4. The summed E-state index contributed by atoms with van der Waals surface area (Å²) in [6, 6.07) is 3.02. The van der Waals surface area contributed by atoms with Gasteiger partial charge in [-0.2, -0.15) is 13.2 Å². The van der Waals surface area contributed by atoms with E-state index < -0.39 is 23.4 Å². The lowest BCUT2D eigenvalue weighted by atomic mass is 9.73. The minimum Gasteiger partial charge on any atom is -0.496 e. The third-order valence-corrected chi connectivity index (χ3v) is 4.85. The Labute approximate surface area is 151 Å². The lowest BCUT2D eigenvalue weighted by Gasteiger charge is -2.44. The minimum absolute atomic E-state index is 0.00745. The van der Waals surface area contributed by atoms with Gasteiger partial charge in [0, 0.05) is 25.2 Å². The summed E-state index contributed by atoms with van der Waals surface area (Å²) < 4.78 is 55.4. The monoisotopic (exact) mass is 375 g/mol. The summed E-state index contributed by atoms with van der Waals surface area (Å²) in [6.45, 7) is 3.12. The highest BCUT2D eigenvalue weighted by Gasteiger charge is 2.51. The summed E-state index contributed by atoms with van der Waals surface area (Å²) in [5.74, 6) is -0.802. The standard InChI is InChI=1S/C18H24F3NO4/c1-17(2)10-22(7-6-15(17)18(19,20)21)16(23)11-8-13(25-4)14(26-5)9-12(11)24-3/h8-9,15H,6-7,10H2,1-5H3. The van der Waals surface area contributed by atoms with Crippen LogP contribution in [0.5, 0.6) is 17.2 Å². The van der Waals surface area contributed by atoms with Crippen LogP contribution in [0.3, 0.4) is 0 Å². The van der Waals surface area contributed by atoms with E-state index in [9.17, 15) is 18.0 Å². The van der Waals surface area contributed by atoms with Crippen LogP contribution in [0.15, 0.2) is 12.1 Å². The van der Waals surface area contributed by atoms with Crippen LogP contribution in [0, 0.1) is 11.3 Å². The molecule has 0 radical (unpaired) electrons. The first-order chi connectivity index (χ1) is 12.0. The Morgan fingerprint density at radius 3 is 2.08 bits per heavy atom. The first-order valence-corrected chi connectivity index (χ1v) is 8.21. The van der Waals surface area contributed by atoms with E-state index in [2.05, 4.69) is 0 Å². The number of hydrogen-bond acceptors (Lipinski definition) is 4. The molecule has 0 aliphatic carbocycles. The average molecular weight is 375 g/mol. The molecule has 146 valence electrons. The van der Waals surface area contributed by atoms with Crippen molar-refractivity contribution in [1.82, 2.24) is 4.90 Å². The molecule has 1 aromatic carbocycles. The van der Waals surface area contributed by atoms with Crippen LogP contribution in [0.4, 0.5) is 13.2 Å². The normalized spacial score (nSPS) is 19.8. The van der Waals surface area contributed by atoms with Crippen LogP contribution in [0.2, 0.25) is 0 Å². The Morgan fingerprint density at radius 2 is 1.62 bits per heavy atom. The van der Waals surface area contributed by atoms with Crippen molar-refractivity contribution in [2.75, 3.05) is 34.4 Å². The largest absolute Gasteiger partial charge is 0.496 e. The molecule has 0 bridgehead atoms. The predicted molar refractivity (Wildman–Crippen MR) is 89.9 cm³/mol. The Morgan fingerprint density at radius 1 is 1.08 bits per heavy atom. The molecule has 1 aromatic rings. The van der Waals surface area contributed by atoms with Crippen molar-refractivity contribution in [3.63, 3.8) is 0 Å². The van der Waals surface area contributed by atoms with Gasteiger partial charge in [0.05, 0.1) is 32.8 Å². The van der Waals surface area contributed by atoms with Gasteiger partial charge >= 0.3 is 6.18 Å². The summed E-state index contributed by atoms with van der Waals surface area (Å²) in [5.41, 5.74) is -0.845. The highest BCUT2D eigenvalue weighted by molar-refractivity contribution is 5.98. The van der Waals surface area contributed by atoms with Crippen molar-refractivity contribution < 1.29 is 32.2 Å². The van der Waals surface area contributed by atoms with E-state index in [-0.39, 0.29) is 30.8 Å². The van der Waals surface area contributed by atoms with Crippen LogP contribution in [-0.4, -0.2) is 51.4 Å². The number of benzene rings is 1. The number of halogens is 3. The Hall–Kier alpha value is -2.12. The van der Waals surface area contributed by atoms with E-state index >= 15 is 0 Å². The van der Waals surface area contributed by atoms with E-state index in [4.69, 9.17) is 14.2 Å². The summed E-state index contributed by atoms with van der Waals surface area (Å²) in [4.78, 5) is 14.4. The Balaban J connectivity index is 2.33. The summed E-state index contributed by atoms with van der Waals surface area (Å²) in [5, 5.41) is 0. The minimum atomic E-state index is -4.28. The molecule has 0 spiro atoms. The second-order valence-electron chi connectivity index (χ2n) is 7.01. The number of carbonyl (C=O) groups is 1. The maximum absolute atomic E-state index is 13.2. The molecule has 1 saturated heterocycles. The molecule has 2 rings (SSSR count). The molecule has 1 aliphatic heterocycles. The topological polar surface area (TPSA) is 48.0 Å². The molecule has 1 atom stereocenters. The molecule has 5 nitrogen and oxygen atoms in total. The molecule has 1 aliphatic rings. The number of amides is 1. The zero-order valence-electron chi connectivity index (χ0n) is 15.6. The first kappa shape index (κ1) is 20.2. The van der Waals surface area contributed by atoms with E-state index in [1.165, 1.54) is 52.2 Å². The van der Waals surface area contributed by atoms with Crippen molar-refractivity contribution in [3.05, 3.63) is 17.7 Å². The molecule has 8 heteroatoms. The van der Waals surface area contributed by atoms with Gasteiger partial charge in [0.2, 0.25) is 0 Å². The number of alkyl halides is 3. The second-order valence-corrected chi connectivity index (χ2v) is 7.01. The van der Waals surface area contributed by atoms with Gasteiger partial charge in [-0.1, -0.05) is 13.8 Å². The van der Waals surface area contributed by atoms with Crippen LogP contribution in [0.25, 0.3) is 0 Å². The summed E-state index contributed by atoms with van der Waals surface area (Å²) in [7, 11) is 4.32. The smallest absolute Gasteiger partial charge is 0.392 e. The average Bonchev–Trinajstić information content (AvgIpc) is 2.57. The fourth-order valence-corrected chi connectivity index (χ4v) is 3.50. The van der Waals surface area contributed by atoms with Crippen molar-refractivity contribution >= 4 is 5.91 Å². The van der Waals surface area contributed by atoms with Crippen LogP contribution in [-0.2, 0) is 0 Å². The van der Waals surface area contributed by atoms with Crippen molar-refractivity contribution in [2.24, 2.45) is 11.3 Å². The molecule has 0 saturated carbocycles. The molecule has 1 heterocycles. The first-order valence-electron chi connectivity index (χ1n) is 8.21. The Kier molecular flexibility index (Phi) is 5.63. The maximum Gasteiger partial charge on any atom is 0.392 e. The lowest BCUT2D eigenvalue weighted by Crippen LogP contribution is -2.52. The van der Waals surface area contributed by atoms with Crippen LogP contribution >= 0.6 is 0 Å². The molecule has 0 N–H and O–H groups in total. The number of methoxy groups -OCH3 is 3. The zero-order valence-corrected chi connectivity index (χ0v) is 15.6. The van der Waals surface area contributed by atoms with Gasteiger partial charge in [0.25, 0.3) is 5.91 Å². The summed E-state index contributed by atoms with van der Waals surface area (Å²) >= 11 is 0. The quantitative estimate of drug-likeness (QED) is 0.804.